The highest BCUT2D eigenvalue weighted by molar-refractivity contribution is 9.10. The minimum atomic E-state index is -0.440. The van der Waals surface area contributed by atoms with Crippen molar-refractivity contribution in [1.82, 2.24) is 4.98 Å². The number of hydrogen-bond acceptors (Lipinski definition) is 7. The van der Waals surface area contributed by atoms with Crippen LogP contribution in [0.25, 0.3) is 11.3 Å². The van der Waals surface area contributed by atoms with Crippen LogP contribution >= 0.6 is 27.3 Å². The number of alkyl halides is 1. The number of rotatable bonds is 2. The fourth-order valence-electron chi connectivity index (χ4n) is 3.47. The van der Waals surface area contributed by atoms with E-state index in [1.807, 2.05) is 0 Å². The first-order chi connectivity index (χ1) is 16.4. The van der Waals surface area contributed by atoms with Gasteiger partial charge in [-0.2, -0.15) is 0 Å². The lowest BCUT2D eigenvalue weighted by Gasteiger charge is -2.06. The Hall–Kier alpha value is -2.85. The first-order valence-corrected chi connectivity index (χ1v) is 12.3. The Labute approximate surface area is 207 Å². The van der Waals surface area contributed by atoms with Gasteiger partial charge in [-0.3, -0.25) is 4.79 Å². The molecule has 10 heteroatoms. The SMILES string of the molecule is CCOC(=O)c1nc2c(s1)CCOc1ccc(F)cc1-2.O=C1c2cc(F)ccc2OCCC1Br. The minimum absolute atomic E-state index is 0.114. The summed E-state index contributed by atoms with van der Waals surface area (Å²) < 4.78 is 42.2. The van der Waals surface area contributed by atoms with Crippen LogP contribution in [-0.4, -0.2) is 41.4 Å². The van der Waals surface area contributed by atoms with Gasteiger partial charge in [0.2, 0.25) is 5.01 Å². The van der Waals surface area contributed by atoms with Gasteiger partial charge in [-0.15, -0.1) is 11.3 Å². The smallest absolute Gasteiger partial charge is 0.367 e. The Morgan fingerprint density at radius 2 is 1.76 bits per heavy atom. The number of ketones is 1. The number of aromatic nitrogens is 1. The van der Waals surface area contributed by atoms with E-state index in [-0.39, 0.29) is 16.4 Å². The molecule has 1 unspecified atom stereocenters. The van der Waals surface area contributed by atoms with Gasteiger partial charge >= 0.3 is 5.97 Å². The van der Waals surface area contributed by atoms with Crippen molar-refractivity contribution in [2.75, 3.05) is 19.8 Å². The van der Waals surface area contributed by atoms with Crippen molar-refractivity contribution in [3.8, 4) is 22.8 Å². The quantitative estimate of drug-likeness (QED) is 0.304. The zero-order valence-electron chi connectivity index (χ0n) is 18.1. The van der Waals surface area contributed by atoms with E-state index in [2.05, 4.69) is 20.9 Å². The molecule has 0 bridgehead atoms. The second-order valence-electron chi connectivity index (χ2n) is 7.36. The Morgan fingerprint density at radius 3 is 2.47 bits per heavy atom. The summed E-state index contributed by atoms with van der Waals surface area (Å²) in [5.74, 6) is -0.265. The summed E-state index contributed by atoms with van der Waals surface area (Å²) in [5, 5.41) is 0.300. The summed E-state index contributed by atoms with van der Waals surface area (Å²) >= 11 is 4.52. The number of carbonyl (C=O) groups excluding carboxylic acids is 2. The number of thiazole rings is 1. The van der Waals surface area contributed by atoms with Crippen molar-refractivity contribution >= 4 is 39.0 Å². The molecule has 0 radical (unpaired) electrons. The summed E-state index contributed by atoms with van der Waals surface area (Å²) in [6.45, 7) is 3.00. The zero-order valence-corrected chi connectivity index (χ0v) is 20.5. The number of carbonyl (C=O) groups is 2. The maximum atomic E-state index is 13.4. The summed E-state index contributed by atoms with van der Waals surface area (Å²) in [4.78, 5) is 28.4. The molecule has 2 aromatic carbocycles. The third-order valence-corrected chi connectivity index (χ3v) is 7.02. The number of hydrogen-bond donors (Lipinski definition) is 0. The van der Waals surface area contributed by atoms with Crippen LogP contribution in [0.15, 0.2) is 36.4 Å². The second kappa shape index (κ2) is 10.6. The number of ether oxygens (including phenoxy) is 3. The maximum Gasteiger partial charge on any atom is 0.367 e. The van der Waals surface area contributed by atoms with E-state index in [1.54, 1.807) is 13.0 Å². The third kappa shape index (κ3) is 5.28. The van der Waals surface area contributed by atoms with Crippen LogP contribution in [0.1, 0.15) is 38.4 Å². The highest BCUT2D eigenvalue weighted by Gasteiger charge is 2.25. The normalized spacial score (nSPS) is 16.2. The lowest BCUT2D eigenvalue weighted by Crippen LogP contribution is -2.13. The predicted octanol–water partition coefficient (Wildman–Crippen LogP) is 5.62. The monoisotopic (exact) mass is 551 g/mol. The lowest BCUT2D eigenvalue weighted by molar-refractivity contribution is 0.0526. The first-order valence-electron chi connectivity index (χ1n) is 10.6. The number of nitrogens with zero attached hydrogens (tertiary/aromatic N) is 1. The highest BCUT2D eigenvalue weighted by Crippen LogP contribution is 2.38. The summed E-state index contributed by atoms with van der Waals surface area (Å²) in [7, 11) is 0. The zero-order chi connectivity index (χ0) is 24.2. The number of esters is 1. The predicted molar refractivity (Wildman–Crippen MR) is 126 cm³/mol. The van der Waals surface area contributed by atoms with Crippen LogP contribution < -0.4 is 9.47 Å². The molecule has 3 heterocycles. The highest BCUT2D eigenvalue weighted by atomic mass is 79.9. The molecule has 0 saturated heterocycles. The summed E-state index contributed by atoms with van der Waals surface area (Å²) in [6.07, 6.45) is 1.25. The fourth-order valence-corrected chi connectivity index (χ4v) is 4.86. The van der Waals surface area contributed by atoms with E-state index < -0.39 is 11.8 Å². The molecule has 2 aliphatic rings. The van der Waals surface area contributed by atoms with Gasteiger partial charge in [0.25, 0.3) is 0 Å². The second-order valence-corrected chi connectivity index (χ2v) is 9.55. The molecule has 5 rings (SSSR count). The molecule has 0 fully saturated rings. The topological polar surface area (TPSA) is 74.7 Å². The van der Waals surface area contributed by atoms with Gasteiger partial charge in [0, 0.05) is 23.3 Å². The minimum Gasteiger partial charge on any atom is -0.493 e. The standard InChI is InChI=1S/C14H12FNO3S.C10H8BrFO2/c1-2-18-14(17)13-16-12-9-7-8(15)3-4-10(9)19-6-5-11(12)20-13;11-8-3-4-14-9-2-1-6(12)5-7(9)10(8)13/h3-4,7H,2,5-6H2,1H3;1-2,5,8H,3-4H2. The van der Waals surface area contributed by atoms with E-state index in [4.69, 9.17) is 14.2 Å². The molecule has 34 heavy (non-hydrogen) atoms. The molecule has 6 nitrogen and oxygen atoms in total. The van der Waals surface area contributed by atoms with E-state index in [1.165, 1.54) is 41.7 Å². The number of benzene rings is 2. The molecular formula is C24H20BrF2NO5S. The molecule has 3 aromatic rings. The molecule has 1 atom stereocenters. The van der Waals surface area contributed by atoms with Gasteiger partial charge in [0.05, 0.1) is 35.9 Å². The maximum absolute atomic E-state index is 13.4. The van der Waals surface area contributed by atoms with Crippen molar-refractivity contribution in [2.24, 2.45) is 0 Å². The summed E-state index contributed by atoms with van der Waals surface area (Å²) in [5.41, 5.74) is 1.53. The van der Waals surface area contributed by atoms with Crippen molar-refractivity contribution in [3.05, 3.63) is 63.5 Å². The van der Waals surface area contributed by atoms with Crippen LogP contribution in [0.3, 0.4) is 0 Å². The molecule has 0 N–H and O–H groups in total. The molecular weight excluding hydrogens is 532 g/mol. The Kier molecular flexibility index (Phi) is 7.57. The number of halogens is 3. The molecule has 0 saturated carbocycles. The number of Topliss-reactive ketones (excluding diaryl/α,β-unsaturated/α-hetero) is 1. The van der Waals surface area contributed by atoms with Crippen LogP contribution in [-0.2, 0) is 11.2 Å². The van der Waals surface area contributed by atoms with Gasteiger partial charge < -0.3 is 14.2 Å². The van der Waals surface area contributed by atoms with Gasteiger partial charge in [0.15, 0.2) is 5.78 Å². The molecule has 0 aliphatic carbocycles. The summed E-state index contributed by atoms with van der Waals surface area (Å²) in [6, 6.07) is 8.32. The van der Waals surface area contributed by atoms with E-state index in [0.717, 1.165) is 4.88 Å². The van der Waals surface area contributed by atoms with Gasteiger partial charge in [-0.1, -0.05) is 15.9 Å². The van der Waals surface area contributed by atoms with Gasteiger partial charge in [-0.05, 0) is 43.3 Å². The van der Waals surface area contributed by atoms with Crippen molar-refractivity contribution in [3.63, 3.8) is 0 Å². The average molecular weight is 552 g/mol. The van der Waals surface area contributed by atoms with Crippen molar-refractivity contribution in [2.45, 2.75) is 24.6 Å². The van der Waals surface area contributed by atoms with Crippen LogP contribution in [0.5, 0.6) is 11.5 Å². The van der Waals surface area contributed by atoms with E-state index in [9.17, 15) is 18.4 Å². The van der Waals surface area contributed by atoms with Crippen LogP contribution in [0.2, 0.25) is 0 Å². The van der Waals surface area contributed by atoms with Crippen molar-refractivity contribution < 1.29 is 32.6 Å². The Balaban J connectivity index is 0.000000172. The van der Waals surface area contributed by atoms with Gasteiger partial charge in [-0.25, -0.2) is 18.6 Å². The lowest BCUT2D eigenvalue weighted by atomic mass is 10.1. The first kappa shape index (κ1) is 24.3. The largest absolute Gasteiger partial charge is 0.493 e. The molecule has 0 spiro atoms. The van der Waals surface area contributed by atoms with E-state index >= 15 is 0 Å². The molecule has 1 aromatic heterocycles. The van der Waals surface area contributed by atoms with Crippen LogP contribution in [0, 0.1) is 11.6 Å². The fraction of sp³-hybridized carbons (Fsp3) is 0.292. The van der Waals surface area contributed by atoms with E-state index in [0.29, 0.717) is 66.0 Å². The van der Waals surface area contributed by atoms with Crippen molar-refractivity contribution in [1.29, 1.82) is 0 Å². The third-order valence-electron chi connectivity index (χ3n) is 5.05. The molecule has 178 valence electrons. The number of fused-ring (bicyclic) bond motifs is 4. The average Bonchev–Trinajstić information content (AvgIpc) is 3.11. The molecule has 2 aliphatic heterocycles. The Morgan fingerprint density at radius 1 is 1.12 bits per heavy atom. The molecule has 0 amide bonds. The van der Waals surface area contributed by atoms with Gasteiger partial charge in [0.1, 0.15) is 23.1 Å². The Bertz CT molecular complexity index is 1230. The van der Waals surface area contributed by atoms with Crippen LogP contribution in [0.4, 0.5) is 8.78 Å².